The molecule has 0 unspecified atom stereocenters. The molecule has 0 atom stereocenters. The van der Waals surface area contributed by atoms with E-state index in [0.29, 0.717) is 17.8 Å². The second-order valence-electron chi connectivity index (χ2n) is 5.75. The second-order valence-corrected chi connectivity index (χ2v) is 7.52. The predicted molar refractivity (Wildman–Crippen MR) is 96.6 cm³/mol. The van der Waals surface area contributed by atoms with E-state index in [1.54, 1.807) is 48.5 Å². The Morgan fingerprint density at radius 3 is 2.48 bits per heavy atom. The fraction of sp³-hybridized carbons (Fsp3) is 0.333. The molecule has 0 aliphatic heterocycles. The van der Waals surface area contributed by atoms with E-state index >= 15 is 0 Å². The maximum absolute atomic E-state index is 12.3. The zero-order valence-corrected chi connectivity index (χ0v) is 15.3. The number of aromatic nitrogens is 1. The number of benzene rings is 1. The minimum absolute atomic E-state index is 0.112. The highest BCUT2D eigenvalue weighted by molar-refractivity contribution is 7.89. The van der Waals surface area contributed by atoms with Crippen molar-refractivity contribution in [2.24, 2.45) is 0 Å². The highest BCUT2D eigenvalue weighted by Gasteiger charge is 2.16. The molecular weight excluding hydrogens is 338 g/mol. The number of sulfonamides is 1. The number of pyridine rings is 1. The molecule has 0 radical (unpaired) electrons. The van der Waals surface area contributed by atoms with Crippen LogP contribution in [0.15, 0.2) is 53.6 Å². The Morgan fingerprint density at radius 1 is 1.16 bits per heavy atom. The maximum Gasteiger partial charge on any atom is 0.253 e. The van der Waals surface area contributed by atoms with Gasteiger partial charge in [0.25, 0.3) is 5.91 Å². The summed E-state index contributed by atoms with van der Waals surface area (Å²) < 4.78 is 27.2. The summed E-state index contributed by atoms with van der Waals surface area (Å²) in [5, 5.41) is 0. The molecule has 0 aliphatic rings. The molecule has 7 heteroatoms. The van der Waals surface area contributed by atoms with E-state index in [1.165, 1.54) is 12.1 Å². The van der Waals surface area contributed by atoms with Gasteiger partial charge in [-0.1, -0.05) is 19.4 Å². The normalized spacial score (nSPS) is 11.3. The van der Waals surface area contributed by atoms with Gasteiger partial charge < -0.3 is 4.90 Å². The van der Waals surface area contributed by atoms with Gasteiger partial charge >= 0.3 is 0 Å². The third kappa shape index (κ3) is 5.37. The van der Waals surface area contributed by atoms with Crippen LogP contribution in [0.4, 0.5) is 0 Å². The van der Waals surface area contributed by atoms with Gasteiger partial charge in [0.15, 0.2) is 0 Å². The van der Waals surface area contributed by atoms with Crippen molar-refractivity contribution in [3.8, 4) is 0 Å². The molecular formula is C18H23N3O3S. The van der Waals surface area contributed by atoms with Crippen LogP contribution in [0.2, 0.25) is 0 Å². The average molecular weight is 361 g/mol. The Balaban J connectivity index is 2.04. The third-order valence-corrected chi connectivity index (χ3v) is 5.19. The summed E-state index contributed by atoms with van der Waals surface area (Å²) in [5.41, 5.74) is 1.11. The van der Waals surface area contributed by atoms with E-state index in [4.69, 9.17) is 0 Å². The van der Waals surface area contributed by atoms with Crippen LogP contribution in [0, 0.1) is 0 Å². The molecule has 1 aromatic heterocycles. The van der Waals surface area contributed by atoms with Crippen LogP contribution in [-0.2, 0) is 16.6 Å². The van der Waals surface area contributed by atoms with Crippen molar-refractivity contribution < 1.29 is 13.2 Å². The fourth-order valence-corrected chi connectivity index (χ4v) is 3.25. The molecule has 0 saturated carbocycles. The lowest BCUT2D eigenvalue weighted by atomic mass is 10.2. The van der Waals surface area contributed by atoms with E-state index in [9.17, 15) is 13.2 Å². The number of nitrogens with zero attached hydrogens (tertiary/aromatic N) is 2. The van der Waals surface area contributed by atoms with Gasteiger partial charge in [-0.3, -0.25) is 9.78 Å². The summed E-state index contributed by atoms with van der Waals surface area (Å²) in [6.45, 7) is 2.86. The molecule has 0 spiro atoms. The van der Waals surface area contributed by atoms with Crippen molar-refractivity contribution in [1.82, 2.24) is 14.6 Å². The predicted octanol–water partition coefficient (Wildman–Crippen LogP) is 2.43. The van der Waals surface area contributed by atoms with Gasteiger partial charge in [-0.15, -0.1) is 0 Å². The molecule has 0 aliphatic carbocycles. The topological polar surface area (TPSA) is 79.4 Å². The first-order valence-corrected chi connectivity index (χ1v) is 9.67. The van der Waals surface area contributed by atoms with Crippen LogP contribution in [0.1, 0.15) is 35.8 Å². The number of carbonyl (C=O) groups is 1. The number of nitrogens with one attached hydrogen (secondary N) is 1. The highest BCUT2D eigenvalue weighted by Crippen LogP contribution is 2.13. The van der Waals surface area contributed by atoms with Crippen LogP contribution < -0.4 is 4.72 Å². The monoisotopic (exact) mass is 361 g/mol. The number of amides is 1. The molecule has 2 rings (SSSR count). The summed E-state index contributed by atoms with van der Waals surface area (Å²) in [6, 6.07) is 11.3. The molecule has 1 N–H and O–H groups in total. The van der Waals surface area contributed by atoms with E-state index in [2.05, 4.69) is 16.6 Å². The van der Waals surface area contributed by atoms with E-state index in [-0.39, 0.29) is 17.3 Å². The zero-order chi connectivity index (χ0) is 18.3. The molecule has 2 aromatic rings. The third-order valence-electron chi connectivity index (χ3n) is 3.77. The maximum atomic E-state index is 12.3. The average Bonchev–Trinajstić information content (AvgIpc) is 2.65. The van der Waals surface area contributed by atoms with Crippen LogP contribution in [-0.4, -0.2) is 37.8 Å². The molecule has 1 amide bonds. The Kier molecular flexibility index (Phi) is 6.66. The molecule has 0 saturated heterocycles. The summed E-state index contributed by atoms with van der Waals surface area (Å²) in [4.78, 5) is 18.1. The van der Waals surface area contributed by atoms with Crippen LogP contribution >= 0.6 is 0 Å². The van der Waals surface area contributed by atoms with Gasteiger partial charge in [0.1, 0.15) is 0 Å². The first kappa shape index (κ1) is 19.1. The van der Waals surface area contributed by atoms with Crippen LogP contribution in [0.5, 0.6) is 0 Å². The summed E-state index contributed by atoms with van der Waals surface area (Å²) in [6.07, 6.45) is 3.56. The minimum Gasteiger partial charge on any atom is -0.342 e. The van der Waals surface area contributed by atoms with Gasteiger partial charge in [-0.25, -0.2) is 13.1 Å². The Bertz CT molecular complexity index is 790. The number of carbonyl (C=O) groups excluding carboxylic acids is 1. The van der Waals surface area contributed by atoms with E-state index in [1.807, 2.05) is 0 Å². The van der Waals surface area contributed by atoms with Gasteiger partial charge in [0.05, 0.1) is 17.1 Å². The summed E-state index contributed by atoms with van der Waals surface area (Å²) in [7, 11) is -1.90. The van der Waals surface area contributed by atoms with Gasteiger partial charge in [-0.05, 0) is 42.8 Å². The number of hydrogen-bond acceptors (Lipinski definition) is 4. The van der Waals surface area contributed by atoms with Crippen molar-refractivity contribution in [3.63, 3.8) is 0 Å². The Labute approximate surface area is 148 Å². The number of rotatable bonds is 8. The van der Waals surface area contributed by atoms with Crippen LogP contribution in [0.25, 0.3) is 0 Å². The standard InChI is InChI=1S/C18H23N3O3S/c1-3-4-13-21(2)18(22)15-8-10-17(11-9-15)25(23,24)20-14-16-7-5-6-12-19-16/h5-12,20H,3-4,13-14H2,1-2H3. The summed E-state index contributed by atoms with van der Waals surface area (Å²) >= 11 is 0. The summed E-state index contributed by atoms with van der Waals surface area (Å²) in [5.74, 6) is -0.112. The lowest BCUT2D eigenvalue weighted by molar-refractivity contribution is 0.0793. The van der Waals surface area contributed by atoms with Crippen molar-refractivity contribution in [3.05, 3.63) is 59.9 Å². The van der Waals surface area contributed by atoms with Crippen LogP contribution in [0.3, 0.4) is 0 Å². The molecule has 25 heavy (non-hydrogen) atoms. The van der Waals surface area contributed by atoms with Gasteiger partial charge in [0.2, 0.25) is 10.0 Å². The number of hydrogen-bond donors (Lipinski definition) is 1. The zero-order valence-electron chi connectivity index (χ0n) is 14.5. The molecule has 0 fully saturated rings. The largest absolute Gasteiger partial charge is 0.342 e. The second kappa shape index (κ2) is 8.73. The fourth-order valence-electron chi connectivity index (χ4n) is 2.25. The first-order valence-electron chi connectivity index (χ1n) is 8.19. The van der Waals surface area contributed by atoms with Crippen molar-refractivity contribution in [1.29, 1.82) is 0 Å². The quantitative estimate of drug-likeness (QED) is 0.783. The highest BCUT2D eigenvalue weighted by atomic mass is 32.2. The molecule has 1 aromatic carbocycles. The Morgan fingerprint density at radius 2 is 1.88 bits per heavy atom. The lowest BCUT2D eigenvalue weighted by Gasteiger charge is -2.16. The van der Waals surface area contributed by atoms with Crippen molar-refractivity contribution in [2.75, 3.05) is 13.6 Å². The molecule has 1 heterocycles. The van der Waals surface area contributed by atoms with Gasteiger partial charge in [-0.2, -0.15) is 0 Å². The van der Waals surface area contributed by atoms with Crippen molar-refractivity contribution >= 4 is 15.9 Å². The lowest BCUT2D eigenvalue weighted by Crippen LogP contribution is -2.28. The Hall–Kier alpha value is -2.25. The molecule has 134 valence electrons. The SMILES string of the molecule is CCCCN(C)C(=O)c1ccc(S(=O)(=O)NCc2ccccn2)cc1. The molecule has 0 bridgehead atoms. The smallest absolute Gasteiger partial charge is 0.253 e. The number of unbranched alkanes of at least 4 members (excludes halogenated alkanes) is 1. The van der Waals surface area contributed by atoms with E-state index in [0.717, 1.165) is 12.8 Å². The molecule has 6 nitrogen and oxygen atoms in total. The minimum atomic E-state index is -3.65. The van der Waals surface area contributed by atoms with Crippen molar-refractivity contribution in [2.45, 2.75) is 31.2 Å². The van der Waals surface area contributed by atoms with Gasteiger partial charge in [0, 0.05) is 25.4 Å². The first-order chi connectivity index (χ1) is 11.9. The van der Waals surface area contributed by atoms with E-state index < -0.39 is 10.0 Å².